The van der Waals surface area contributed by atoms with Gasteiger partial charge in [-0.05, 0) is 18.2 Å². The minimum absolute atomic E-state index is 0.191. The molecular formula is C15H16N2O. The lowest BCUT2D eigenvalue weighted by Crippen LogP contribution is -2.24. The van der Waals surface area contributed by atoms with Gasteiger partial charge in [0.15, 0.2) is 0 Å². The molecule has 1 aliphatic rings. The minimum Gasteiger partial charge on any atom is -0.350 e. The Kier molecular flexibility index (Phi) is 2.47. The van der Waals surface area contributed by atoms with Crippen LogP contribution in [0.3, 0.4) is 0 Å². The molecule has 1 aliphatic heterocycles. The number of hydrogen-bond donors (Lipinski definition) is 0. The third kappa shape index (κ3) is 1.55. The lowest BCUT2D eigenvalue weighted by Gasteiger charge is -2.17. The van der Waals surface area contributed by atoms with Crippen LogP contribution in [-0.4, -0.2) is 17.0 Å². The van der Waals surface area contributed by atoms with Gasteiger partial charge in [-0.15, -0.1) is 6.58 Å². The van der Waals surface area contributed by atoms with Gasteiger partial charge in [0.1, 0.15) is 0 Å². The highest BCUT2D eigenvalue weighted by atomic mass is 16.2. The number of amides is 1. The average molecular weight is 240 g/mol. The van der Waals surface area contributed by atoms with E-state index in [9.17, 15) is 4.79 Å². The molecule has 2 aromatic rings. The second-order valence-electron chi connectivity index (χ2n) is 4.84. The molecule has 1 amide bonds. The Morgan fingerprint density at radius 3 is 2.94 bits per heavy atom. The zero-order valence-electron chi connectivity index (χ0n) is 10.5. The van der Waals surface area contributed by atoms with Crippen molar-refractivity contribution in [2.24, 2.45) is 13.0 Å². The molecule has 1 aromatic carbocycles. The zero-order valence-corrected chi connectivity index (χ0v) is 10.5. The number of fused-ring (bicyclic) bond motifs is 1. The molecule has 0 spiro atoms. The molecule has 0 aliphatic carbocycles. The van der Waals surface area contributed by atoms with Crippen LogP contribution in [-0.2, 0) is 11.8 Å². The molecule has 0 N–H and O–H groups in total. The fourth-order valence-electron chi connectivity index (χ4n) is 2.65. The number of benzene rings is 1. The molecule has 1 atom stereocenters. The van der Waals surface area contributed by atoms with Gasteiger partial charge in [-0.2, -0.15) is 0 Å². The van der Waals surface area contributed by atoms with Crippen LogP contribution >= 0.6 is 0 Å². The zero-order chi connectivity index (χ0) is 12.7. The molecule has 2 heterocycles. The molecule has 3 nitrogen and oxygen atoms in total. The molecule has 92 valence electrons. The molecule has 1 aromatic heterocycles. The van der Waals surface area contributed by atoms with E-state index in [2.05, 4.69) is 23.3 Å². The standard InChI is InChI=1S/C15H16N2O/c1-3-11-9-15(18)17(10-11)14-6-4-5-13-12(14)7-8-16(13)2/h3-8,11H,1,9-10H2,2H3. The average Bonchev–Trinajstić information content (AvgIpc) is 2.93. The summed E-state index contributed by atoms with van der Waals surface area (Å²) in [5.41, 5.74) is 2.17. The second-order valence-corrected chi connectivity index (χ2v) is 4.84. The largest absolute Gasteiger partial charge is 0.350 e. The van der Waals surface area contributed by atoms with Gasteiger partial charge < -0.3 is 9.47 Å². The maximum absolute atomic E-state index is 12.1. The topological polar surface area (TPSA) is 25.2 Å². The van der Waals surface area contributed by atoms with Crippen molar-refractivity contribution in [1.29, 1.82) is 0 Å². The molecule has 18 heavy (non-hydrogen) atoms. The summed E-state index contributed by atoms with van der Waals surface area (Å²) in [6.07, 6.45) is 4.48. The van der Waals surface area contributed by atoms with Crippen molar-refractivity contribution >= 4 is 22.5 Å². The number of anilines is 1. The molecular weight excluding hydrogens is 224 g/mol. The number of carbonyl (C=O) groups excluding carboxylic acids is 1. The van der Waals surface area contributed by atoms with Gasteiger partial charge in [-0.3, -0.25) is 4.79 Å². The van der Waals surface area contributed by atoms with Gasteiger partial charge in [-0.25, -0.2) is 0 Å². The minimum atomic E-state index is 0.191. The van der Waals surface area contributed by atoms with Gasteiger partial charge in [0.25, 0.3) is 0 Å². The number of aromatic nitrogens is 1. The Labute approximate surface area is 106 Å². The van der Waals surface area contributed by atoms with Gasteiger partial charge in [-0.1, -0.05) is 12.1 Å². The van der Waals surface area contributed by atoms with Crippen molar-refractivity contribution in [2.75, 3.05) is 11.4 Å². The summed E-state index contributed by atoms with van der Waals surface area (Å²) >= 11 is 0. The van der Waals surface area contributed by atoms with Crippen LogP contribution in [0.15, 0.2) is 43.1 Å². The van der Waals surface area contributed by atoms with E-state index in [0.717, 1.165) is 23.1 Å². The van der Waals surface area contributed by atoms with Gasteiger partial charge in [0.05, 0.1) is 5.69 Å². The molecule has 1 unspecified atom stereocenters. The Bertz CT molecular complexity index is 626. The molecule has 1 fully saturated rings. The van der Waals surface area contributed by atoms with E-state index in [-0.39, 0.29) is 11.8 Å². The van der Waals surface area contributed by atoms with Crippen LogP contribution in [0, 0.1) is 5.92 Å². The van der Waals surface area contributed by atoms with Crippen LogP contribution in [0.25, 0.3) is 10.9 Å². The highest BCUT2D eigenvalue weighted by molar-refractivity contribution is 6.04. The Hall–Kier alpha value is -2.03. The lowest BCUT2D eigenvalue weighted by atomic mass is 10.1. The van der Waals surface area contributed by atoms with Crippen LogP contribution < -0.4 is 4.90 Å². The number of aryl methyl sites for hydroxylation is 1. The van der Waals surface area contributed by atoms with Crippen molar-refractivity contribution in [1.82, 2.24) is 4.57 Å². The summed E-state index contributed by atoms with van der Waals surface area (Å²) in [7, 11) is 2.02. The van der Waals surface area contributed by atoms with E-state index < -0.39 is 0 Å². The normalized spacial score (nSPS) is 19.7. The smallest absolute Gasteiger partial charge is 0.227 e. The number of hydrogen-bond acceptors (Lipinski definition) is 1. The van der Waals surface area contributed by atoms with Crippen LogP contribution in [0.5, 0.6) is 0 Å². The van der Waals surface area contributed by atoms with E-state index >= 15 is 0 Å². The first-order valence-electron chi connectivity index (χ1n) is 6.17. The van der Waals surface area contributed by atoms with Crippen LogP contribution in [0.1, 0.15) is 6.42 Å². The van der Waals surface area contributed by atoms with Gasteiger partial charge in [0.2, 0.25) is 5.91 Å². The van der Waals surface area contributed by atoms with Crippen molar-refractivity contribution in [2.45, 2.75) is 6.42 Å². The fourth-order valence-corrected chi connectivity index (χ4v) is 2.65. The molecule has 0 radical (unpaired) electrons. The first kappa shape index (κ1) is 11.1. The van der Waals surface area contributed by atoms with Crippen molar-refractivity contribution in [3.05, 3.63) is 43.1 Å². The quantitative estimate of drug-likeness (QED) is 0.741. The number of nitrogens with zero attached hydrogens (tertiary/aromatic N) is 2. The predicted molar refractivity (Wildman–Crippen MR) is 73.6 cm³/mol. The first-order valence-corrected chi connectivity index (χ1v) is 6.17. The highest BCUT2D eigenvalue weighted by Crippen LogP contribution is 2.32. The first-order chi connectivity index (χ1) is 8.70. The Morgan fingerprint density at radius 2 is 2.22 bits per heavy atom. The molecule has 3 heteroatoms. The molecule has 0 saturated carbocycles. The highest BCUT2D eigenvalue weighted by Gasteiger charge is 2.29. The molecule has 0 bridgehead atoms. The van der Waals surface area contributed by atoms with Crippen molar-refractivity contribution in [3.8, 4) is 0 Å². The summed E-state index contributed by atoms with van der Waals surface area (Å²) < 4.78 is 2.07. The summed E-state index contributed by atoms with van der Waals surface area (Å²) in [5.74, 6) is 0.465. The lowest BCUT2D eigenvalue weighted by molar-refractivity contribution is -0.117. The Balaban J connectivity index is 2.09. The van der Waals surface area contributed by atoms with Gasteiger partial charge in [0, 0.05) is 43.0 Å². The fraction of sp³-hybridized carbons (Fsp3) is 0.267. The van der Waals surface area contributed by atoms with Gasteiger partial charge >= 0.3 is 0 Å². The summed E-state index contributed by atoms with van der Waals surface area (Å²) in [6, 6.07) is 8.17. The second kappa shape index (κ2) is 4.02. The molecule has 1 saturated heterocycles. The van der Waals surface area contributed by atoms with E-state index in [1.165, 1.54) is 0 Å². The van der Waals surface area contributed by atoms with E-state index in [1.54, 1.807) is 0 Å². The van der Waals surface area contributed by atoms with E-state index in [0.29, 0.717) is 6.42 Å². The van der Waals surface area contributed by atoms with E-state index in [4.69, 9.17) is 0 Å². The maximum atomic E-state index is 12.1. The predicted octanol–water partition coefficient (Wildman–Crippen LogP) is 2.72. The molecule has 3 rings (SSSR count). The summed E-state index contributed by atoms with van der Waals surface area (Å²) in [6.45, 7) is 4.54. The summed E-state index contributed by atoms with van der Waals surface area (Å²) in [4.78, 5) is 13.9. The van der Waals surface area contributed by atoms with E-state index in [1.807, 2.05) is 36.4 Å². The Morgan fingerprint density at radius 1 is 1.39 bits per heavy atom. The monoisotopic (exact) mass is 240 g/mol. The van der Waals surface area contributed by atoms with Crippen LogP contribution in [0.2, 0.25) is 0 Å². The van der Waals surface area contributed by atoms with Crippen molar-refractivity contribution < 1.29 is 4.79 Å². The number of rotatable bonds is 2. The SMILES string of the molecule is C=CC1CC(=O)N(c2cccc3c2ccn3C)C1. The third-order valence-electron chi connectivity index (χ3n) is 3.68. The van der Waals surface area contributed by atoms with Crippen molar-refractivity contribution in [3.63, 3.8) is 0 Å². The van der Waals surface area contributed by atoms with Crippen LogP contribution in [0.4, 0.5) is 5.69 Å². The maximum Gasteiger partial charge on any atom is 0.227 e. The summed E-state index contributed by atoms with van der Waals surface area (Å²) in [5, 5.41) is 1.14. The number of carbonyl (C=O) groups is 1. The third-order valence-corrected chi connectivity index (χ3v) is 3.68.